The Morgan fingerprint density at radius 3 is 2.43 bits per heavy atom. The second kappa shape index (κ2) is 16.6. The van der Waals surface area contributed by atoms with Crippen molar-refractivity contribution in [3.8, 4) is 5.75 Å². The Balaban J connectivity index is 0.00000450. The molecule has 30 heavy (non-hydrogen) atoms. The molecule has 1 aliphatic carbocycles. The largest absolute Gasteiger partial charge is 0.497 e. The second-order valence-corrected chi connectivity index (χ2v) is 7.18. The average Bonchev–Trinajstić information content (AvgIpc) is 3.59. The molecule has 0 spiro atoms. The topological polar surface area (TPSA) is 67.3 Å². The molecule has 0 atom stereocenters. The van der Waals surface area contributed by atoms with Crippen LogP contribution in [-0.2, 0) is 16.0 Å². The molecule has 0 aromatic heterocycles. The summed E-state index contributed by atoms with van der Waals surface area (Å²) in [5, 5.41) is 6.91. The van der Waals surface area contributed by atoms with Crippen molar-refractivity contribution in [2.24, 2.45) is 4.99 Å². The van der Waals surface area contributed by atoms with E-state index in [-0.39, 0.29) is 24.0 Å². The average molecular weight is 534 g/mol. The van der Waals surface area contributed by atoms with E-state index in [0.717, 1.165) is 75.7 Å². The van der Waals surface area contributed by atoms with Gasteiger partial charge in [0.1, 0.15) is 5.75 Å². The molecule has 8 heteroatoms. The van der Waals surface area contributed by atoms with Crippen LogP contribution in [0.5, 0.6) is 5.75 Å². The first-order valence-corrected chi connectivity index (χ1v) is 10.7. The van der Waals surface area contributed by atoms with E-state index >= 15 is 0 Å². The van der Waals surface area contributed by atoms with Crippen LogP contribution in [0.4, 0.5) is 0 Å². The molecule has 0 radical (unpaired) electrons. The van der Waals surface area contributed by atoms with Gasteiger partial charge in [0, 0.05) is 52.5 Å². The summed E-state index contributed by atoms with van der Waals surface area (Å²) >= 11 is 0. The number of benzene rings is 1. The van der Waals surface area contributed by atoms with Crippen molar-refractivity contribution in [3.63, 3.8) is 0 Å². The van der Waals surface area contributed by atoms with Crippen molar-refractivity contribution in [2.75, 3.05) is 60.2 Å². The minimum absolute atomic E-state index is 0. The summed E-state index contributed by atoms with van der Waals surface area (Å²) in [5.41, 5.74) is 1.15. The van der Waals surface area contributed by atoms with Crippen LogP contribution in [0.2, 0.25) is 0 Å². The smallest absolute Gasteiger partial charge is 0.191 e. The highest BCUT2D eigenvalue weighted by molar-refractivity contribution is 14.0. The van der Waals surface area contributed by atoms with Crippen molar-refractivity contribution >= 4 is 29.9 Å². The number of halogens is 1. The number of guanidine groups is 1. The normalized spacial score (nSPS) is 13.8. The van der Waals surface area contributed by atoms with Crippen LogP contribution in [0.15, 0.2) is 29.3 Å². The Bertz CT molecular complexity index is 582. The van der Waals surface area contributed by atoms with Crippen LogP contribution in [0.25, 0.3) is 0 Å². The molecule has 0 heterocycles. The Morgan fingerprint density at radius 1 is 1.07 bits per heavy atom. The zero-order chi connectivity index (χ0) is 20.7. The van der Waals surface area contributed by atoms with E-state index in [1.165, 1.54) is 12.8 Å². The van der Waals surface area contributed by atoms with Crippen LogP contribution >= 0.6 is 24.0 Å². The number of hydrogen-bond acceptors (Lipinski definition) is 5. The first-order chi connectivity index (χ1) is 14.3. The Morgan fingerprint density at radius 2 is 1.80 bits per heavy atom. The summed E-state index contributed by atoms with van der Waals surface area (Å²) in [6.07, 6.45) is 3.56. The number of methoxy groups -OCH3 is 2. The fraction of sp³-hybridized carbons (Fsp3) is 0.682. The van der Waals surface area contributed by atoms with Gasteiger partial charge in [0.05, 0.1) is 20.3 Å². The third kappa shape index (κ3) is 11.3. The minimum atomic E-state index is 0. The molecule has 0 aliphatic heterocycles. The predicted octanol–water partition coefficient (Wildman–Crippen LogP) is 2.89. The number of aliphatic imine (C=N–C) groups is 1. The molecule has 1 fully saturated rings. The van der Waals surface area contributed by atoms with Crippen LogP contribution in [0.1, 0.15) is 31.7 Å². The summed E-state index contributed by atoms with van der Waals surface area (Å²) in [4.78, 5) is 7.26. The van der Waals surface area contributed by atoms with Gasteiger partial charge in [0.2, 0.25) is 0 Å². The maximum Gasteiger partial charge on any atom is 0.191 e. The van der Waals surface area contributed by atoms with Gasteiger partial charge in [-0.2, -0.15) is 0 Å². The monoisotopic (exact) mass is 534 g/mol. The summed E-state index contributed by atoms with van der Waals surface area (Å²) in [6, 6.07) is 8.77. The highest BCUT2D eigenvalue weighted by atomic mass is 127. The molecule has 0 unspecified atom stereocenters. The van der Waals surface area contributed by atoms with E-state index in [9.17, 15) is 0 Å². The van der Waals surface area contributed by atoms with Gasteiger partial charge in [-0.3, -0.25) is 4.90 Å². The molecule has 1 aromatic carbocycles. The zero-order valence-corrected chi connectivity index (χ0v) is 21.0. The fourth-order valence-electron chi connectivity index (χ4n) is 3.04. The van der Waals surface area contributed by atoms with Gasteiger partial charge in [-0.1, -0.05) is 12.1 Å². The number of nitrogens with one attached hydrogen (secondary N) is 2. The first-order valence-electron chi connectivity index (χ1n) is 10.7. The Hall–Kier alpha value is -1.10. The standard InChI is InChI=1S/C22H38N4O3.HI/c1-4-29-16-5-12-23-22(25-18-19-6-10-21(28-3)11-7-19)24-13-14-26(15-17-27-2)20-8-9-20;/h6-7,10-11,20H,4-5,8-9,12-18H2,1-3H3,(H2,23,24,25);1H. The zero-order valence-electron chi connectivity index (χ0n) is 18.7. The lowest BCUT2D eigenvalue weighted by molar-refractivity contribution is 0.144. The number of rotatable bonds is 15. The predicted molar refractivity (Wildman–Crippen MR) is 133 cm³/mol. The highest BCUT2D eigenvalue weighted by Crippen LogP contribution is 2.25. The molecule has 2 rings (SSSR count). The maximum absolute atomic E-state index is 5.42. The van der Waals surface area contributed by atoms with E-state index in [2.05, 4.69) is 27.7 Å². The summed E-state index contributed by atoms with van der Waals surface area (Å²) < 4.78 is 15.9. The minimum Gasteiger partial charge on any atom is -0.497 e. The highest BCUT2D eigenvalue weighted by Gasteiger charge is 2.28. The van der Waals surface area contributed by atoms with Gasteiger partial charge in [0.15, 0.2) is 5.96 Å². The molecular weight excluding hydrogens is 495 g/mol. The number of nitrogens with zero attached hydrogens (tertiary/aromatic N) is 2. The van der Waals surface area contributed by atoms with E-state index in [1.54, 1.807) is 14.2 Å². The maximum atomic E-state index is 5.42. The fourth-order valence-corrected chi connectivity index (χ4v) is 3.04. The Labute approximate surface area is 199 Å². The third-order valence-electron chi connectivity index (χ3n) is 4.88. The lowest BCUT2D eigenvalue weighted by atomic mass is 10.2. The molecule has 1 saturated carbocycles. The number of hydrogen-bond donors (Lipinski definition) is 2. The van der Waals surface area contributed by atoms with Crippen LogP contribution in [0.3, 0.4) is 0 Å². The first kappa shape index (κ1) is 26.9. The summed E-state index contributed by atoms with van der Waals surface area (Å²) in [5.74, 6) is 1.71. The summed E-state index contributed by atoms with van der Waals surface area (Å²) in [6.45, 7) is 8.64. The van der Waals surface area contributed by atoms with Crippen molar-refractivity contribution in [3.05, 3.63) is 29.8 Å². The molecule has 172 valence electrons. The van der Waals surface area contributed by atoms with Crippen LogP contribution < -0.4 is 15.4 Å². The lowest BCUT2D eigenvalue weighted by Gasteiger charge is -2.22. The molecule has 0 saturated heterocycles. The van der Waals surface area contributed by atoms with E-state index in [4.69, 9.17) is 19.2 Å². The molecule has 0 amide bonds. The molecule has 2 N–H and O–H groups in total. The van der Waals surface area contributed by atoms with Crippen molar-refractivity contribution < 1.29 is 14.2 Å². The van der Waals surface area contributed by atoms with Gasteiger partial charge in [-0.25, -0.2) is 4.99 Å². The molecule has 1 aliphatic rings. The van der Waals surface area contributed by atoms with Gasteiger partial charge in [-0.05, 0) is 43.9 Å². The molecule has 0 bridgehead atoms. The Kier molecular flexibility index (Phi) is 14.9. The molecule has 7 nitrogen and oxygen atoms in total. The van der Waals surface area contributed by atoms with Gasteiger partial charge in [-0.15, -0.1) is 24.0 Å². The molecule has 1 aromatic rings. The van der Waals surface area contributed by atoms with Gasteiger partial charge < -0.3 is 24.8 Å². The van der Waals surface area contributed by atoms with E-state index < -0.39 is 0 Å². The van der Waals surface area contributed by atoms with Gasteiger partial charge in [0.25, 0.3) is 0 Å². The second-order valence-electron chi connectivity index (χ2n) is 7.18. The van der Waals surface area contributed by atoms with Gasteiger partial charge >= 0.3 is 0 Å². The van der Waals surface area contributed by atoms with E-state index in [1.807, 2.05) is 19.1 Å². The van der Waals surface area contributed by atoms with Crippen LogP contribution in [0, 0.1) is 0 Å². The summed E-state index contributed by atoms with van der Waals surface area (Å²) in [7, 11) is 3.44. The molecular formula is C22H39IN4O3. The van der Waals surface area contributed by atoms with Crippen LogP contribution in [-0.4, -0.2) is 77.1 Å². The van der Waals surface area contributed by atoms with Crippen molar-refractivity contribution in [1.82, 2.24) is 15.5 Å². The SMILES string of the molecule is CCOCCCNC(=NCc1ccc(OC)cc1)NCCN(CCOC)C1CC1.I. The number of ether oxygens (including phenoxy) is 3. The van der Waals surface area contributed by atoms with Crippen molar-refractivity contribution in [1.29, 1.82) is 0 Å². The third-order valence-corrected chi connectivity index (χ3v) is 4.88. The van der Waals surface area contributed by atoms with Crippen molar-refractivity contribution in [2.45, 2.75) is 38.8 Å². The quantitative estimate of drug-likeness (QED) is 0.156. The van der Waals surface area contributed by atoms with E-state index in [0.29, 0.717) is 6.54 Å². The lowest BCUT2D eigenvalue weighted by Crippen LogP contribution is -2.43.